The van der Waals surface area contributed by atoms with E-state index in [0.717, 1.165) is 0 Å². The molecule has 2 aromatic rings. The first-order valence-corrected chi connectivity index (χ1v) is 7.51. The average molecular weight is 296 g/mol. The van der Waals surface area contributed by atoms with Crippen LogP contribution in [0.15, 0.2) is 35.5 Å². The number of nitrogens with zero attached hydrogens (tertiary/aromatic N) is 1. The van der Waals surface area contributed by atoms with E-state index in [0.29, 0.717) is 18.1 Å². The molecule has 0 aliphatic rings. The van der Waals surface area contributed by atoms with Crippen LogP contribution in [0.25, 0.3) is 0 Å². The molecule has 2 rings (SSSR count). The van der Waals surface area contributed by atoms with Gasteiger partial charge >= 0.3 is 0 Å². The van der Waals surface area contributed by atoms with Gasteiger partial charge in [0.15, 0.2) is 0 Å². The first kappa shape index (κ1) is 14.4. The minimum Gasteiger partial charge on any atom is -0.492 e. The van der Waals surface area contributed by atoms with Crippen molar-refractivity contribution in [3.8, 4) is 5.75 Å². The molecule has 0 saturated heterocycles. The fourth-order valence-electron chi connectivity index (χ4n) is 1.65. The van der Waals surface area contributed by atoms with Gasteiger partial charge < -0.3 is 15.5 Å². The van der Waals surface area contributed by atoms with Crippen molar-refractivity contribution >= 4 is 15.7 Å². The molecule has 1 aromatic heterocycles. The Kier molecular flexibility index (Phi) is 4.26. The van der Waals surface area contributed by atoms with E-state index < -0.39 is 10.0 Å². The molecular formula is C12H16N4O3S. The minimum atomic E-state index is -3.73. The fraction of sp³-hybridized carbons (Fsp3) is 0.250. The zero-order chi connectivity index (χ0) is 14.6. The molecule has 0 radical (unpaired) electrons. The molecule has 0 unspecified atom stereocenters. The summed E-state index contributed by atoms with van der Waals surface area (Å²) < 4.78 is 32.3. The van der Waals surface area contributed by atoms with Crippen LogP contribution >= 0.6 is 0 Å². The lowest BCUT2D eigenvalue weighted by molar-refractivity contribution is 0.331. The summed E-state index contributed by atoms with van der Waals surface area (Å²) in [7, 11) is -3.73. The van der Waals surface area contributed by atoms with Crippen LogP contribution in [0.5, 0.6) is 5.75 Å². The van der Waals surface area contributed by atoms with Gasteiger partial charge in [0.2, 0.25) is 10.0 Å². The molecule has 0 bridgehead atoms. The second-order valence-electron chi connectivity index (χ2n) is 4.00. The van der Waals surface area contributed by atoms with Gasteiger partial charge in [-0.1, -0.05) is 0 Å². The lowest BCUT2D eigenvalue weighted by Gasteiger charge is -2.12. The van der Waals surface area contributed by atoms with Crippen molar-refractivity contribution in [3.63, 3.8) is 0 Å². The van der Waals surface area contributed by atoms with Crippen molar-refractivity contribution in [3.05, 3.63) is 36.4 Å². The Bertz CT molecular complexity index is 668. The van der Waals surface area contributed by atoms with Gasteiger partial charge in [-0.2, -0.15) is 0 Å². The molecule has 0 amide bonds. The number of ether oxygens (including phenoxy) is 1. The summed E-state index contributed by atoms with van der Waals surface area (Å²) in [5, 5.41) is 0. The molecule has 0 fully saturated rings. The first-order chi connectivity index (χ1) is 9.53. The standard InChI is InChI=1S/C12H16N4O3S/c1-2-19-10-4-3-9(13)7-11(10)20(17,18)16-8-12-14-5-6-15-12/h3-7,16H,2,8,13H2,1H3,(H,14,15). The third kappa shape index (κ3) is 3.28. The molecule has 20 heavy (non-hydrogen) atoms. The van der Waals surface area contributed by atoms with E-state index in [1.54, 1.807) is 31.5 Å². The number of aromatic nitrogens is 2. The van der Waals surface area contributed by atoms with Crippen molar-refractivity contribution in [1.29, 1.82) is 0 Å². The average Bonchev–Trinajstić information content (AvgIpc) is 2.92. The number of anilines is 1. The van der Waals surface area contributed by atoms with E-state index in [1.165, 1.54) is 6.07 Å². The number of rotatable bonds is 6. The summed E-state index contributed by atoms with van der Waals surface area (Å²) >= 11 is 0. The lowest BCUT2D eigenvalue weighted by atomic mass is 10.3. The molecule has 0 saturated carbocycles. The van der Waals surface area contributed by atoms with Crippen LogP contribution in [-0.4, -0.2) is 25.0 Å². The molecule has 0 aliphatic carbocycles. The first-order valence-electron chi connectivity index (χ1n) is 6.03. The van der Waals surface area contributed by atoms with Gasteiger partial charge in [-0.25, -0.2) is 18.1 Å². The number of nitrogens with one attached hydrogen (secondary N) is 2. The highest BCUT2D eigenvalue weighted by Crippen LogP contribution is 2.26. The monoisotopic (exact) mass is 296 g/mol. The highest BCUT2D eigenvalue weighted by Gasteiger charge is 2.20. The number of nitrogens with two attached hydrogens (primary N) is 1. The summed E-state index contributed by atoms with van der Waals surface area (Å²) in [6.45, 7) is 2.21. The Morgan fingerprint density at radius 3 is 2.90 bits per heavy atom. The van der Waals surface area contributed by atoms with Crippen LogP contribution in [0.1, 0.15) is 12.7 Å². The summed E-state index contributed by atoms with van der Waals surface area (Å²) in [6, 6.07) is 4.51. The number of hydrogen-bond donors (Lipinski definition) is 3. The molecule has 0 atom stereocenters. The predicted octanol–water partition coefficient (Wildman–Crippen LogP) is 0.869. The topological polar surface area (TPSA) is 110 Å². The van der Waals surface area contributed by atoms with E-state index in [9.17, 15) is 8.42 Å². The van der Waals surface area contributed by atoms with Crippen LogP contribution in [0.2, 0.25) is 0 Å². The number of H-pyrrole nitrogens is 1. The smallest absolute Gasteiger partial charge is 0.244 e. The zero-order valence-corrected chi connectivity index (χ0v) is 11.8. The molecule has 1 aromatic carbocycles. The van der Waals surface area contributed by atoms with Crippen LogP contribution in [0.3, 0.4) is 0 Å². The Labute approximate surface area is 117 Å². The third-order valence-corrected chi connectivity index (χ3v) is 3.96. The summed E-state index contributed by atoms with van der Waals surface area (Å²) in [6.07, 6.45) is 3.17. The van der Waals surface area contributed by atoms with Gasteiger partial charge in [-0.05, 0) is 25.1 Å². The van der Waals surface area contributed by atoms with Gasteiger partial charge in [0.05, 0.1) is 13.2 Å². The number of nitrogen functional groups attached to an aromatic ring is 1. The Morgan fingerprint density at radius 2 is 2.25 bits per heavy atom. The van der Waals surface area contributed by atoms with Crippen molar-refractivity contribution < 1.29 is 13.2 Å². The zero-order valence-electron chi connectivity index (χ0n) is 11.0. The summed E-state index contributed by atoms with van der Waals surface area (Å²) in [4.78, 5) is 6.79. The van der Waals surface area contributed by atoms with E-state index in [2.05, 4.69) is 14.7 Å². The molecule has 7 nitrogen and oxygen atoms in total. The van der Waals surface area contributed by atoms with Gasteiger partial charge in [-0.3, -0.25) is 0 Å². The van der Waals surface area contributed by atoms with Crippen molar-refractivity contribution in [2.24, 2.45) is 0 Å². The van der Waals surface area contributed by atoms with E-state index in [4.69, 9.17) is 10.5 Å². The third-order valence-electron chi connectivity index (χ3n) is 2.54. The van der Waals surface area contributed by atoms with Crippen molar-refractivity contribution in [2.75, 3.05) is 12.3 Å². The molecule has 0 aliphatic heterocycles. The molecular weight excluding hydrogens is 280 g/mol. The van der Waals surface area contributed by atoms with E-state index in [1.807, 2.05) is 0 Å². The predicted molar refractivity (Wildman–Crippen MR) is 74.6 cm³/mol. The molecule has 1 heterocycles. The number of sulfonamides is 1. The van der Waals surface area contributed by atoms with Crippen LogP contribution in [0.4, 0.5) is 5.69 Å². The maximum Gasteiger partial charge on any atom is 0.244 e. The highest BCUT2D eigenvalue weighted by molar-refractivity contribution is 7.89. The maximum atomic E-state index is 12.3. The van der Waals surface area contributed by atoms with Crippen LogP contribution in [0, 0.1) is 0 Å². The number of hydrogen-bond acceptors (Lipinski definition) is 5. The van der Waals surface area contributed by atoms with E-state index in [-0.39, 0.29) is 17.2 Å². The fourth-order valence-corrected chi connectivity index (χ4v) is 2.81. The molecule has 8 heteroatoms. The summed E-state index contributed by atoms with van der Waals surface area (Å²) in [5.74, 6) is 0.795. The quantitative estimate of drug-likeness (QED) is 0.685. The van der Waals surface area contributed by atoms with Gasteiger partial charge in [0, 0.05) is 18.1 Å². The SMILES string of the molecule is CCOc1ccc(N)cc1S(=O)(=O)NCc1ncc[nH]1. The van der Waals surface area contributed by atoms with Crippen LogP contribution < -0.4 is 15.2 Å². The second kappa shape index (κ2) is 5.93. The largest absolute Gasteiger partial charge is 0.492 e. The maximum absolute atomic E-state index is 12.3. The summed E-state index contributed by atoms with van der Waals surface area (Å²) in [5.41, 5.74) is 6.00. The Morgan fingerprint density at radius 1 is 1.45 bits per heavy atom. The van der Waals surface area contributed by atoms with Crippen molar-refractivity contribution in [1.82, 2.24) is 14.7 Å². The molecule has 108 valence electrons. The second-order valence-corrected chi connectivity index (χ2v) is 5.73. The Hall–Kier alpha value is -2.06. The van der Waals surface area contributed by atoms with Gasteiger partial charge in [0.1, 0.15) is 16.5 Å². The Balaban J connectivity index is 2.26. The number of imidazole rings is 1. The van der Waals surface area contributed by atoms with Crippen molar-refractivity contribution in [2.45, 2.75) is 18.4 Å². The molecule has 0 spiro atoms. The highest BCUT2D eigenvalue weighted by atomic mass is 32.2. The van der Waals surface area contributed by atoms with Crippen LogP contribution in [-0.2, 0) is 16.6 Å². The lowest BCUT2D eigenvalue weighted by Crippen LogP contribution is -2.24. The number of aromatic amines is 1. The normalized spacial score (nSPS) is 11.4. The minimum absolute atomic E-state index is 0.0194. The number of benzene rings is 1. The van der Waals surface area contributed by atoms with E-state index >= 15 is 0 Å². The van der Waals surface area contributed by atoms with Gasteiger partial charge in [-0.15, -0.1) is 0 Å². The molecule has 4 N–H and O–H groups in total. The van der Waals surface area contributed by atoms with Gasteiger partial charge in [0.25, 0.3) is 0 Å².